The highest BCUT2D eigenvalue weighted by Gasteiger charge is 2.20. The molecular formula is C13H19F2NO. The lowest BCUT2D eigenvalue weighted by Crippen LogP contribution is -2.31. The standard InChI is InChI=1S/C13H19F2NO/c1-9(8-13(2,3)17-4)16-12-6-5-10(14)7-11(12)15/h5-7,9,16H,8H2,1-4H3. The second kappa shape index (κ2) is 5.45. The van der Waals surface area contributed by atoms with Gasteiger partial charge in [0.2, 0.25) is 0 Å². The summed E-state index contributed by atoms with van der Waals surface area (Å²) in [6.45, 7) is 5.86. The number of hydrogen-bond acceptors (Lipinski definition) is 2. The molecule has 96 valence electrons. The monoisotopic (exact) mass is 243 g/mol. The van der Waals surface area contributed by atoms with Crippen LogP contribution >= 0.6 is 0 Å². The predicted molar refractivity (Wildman–Crippen MR) is 65.1 cm³/mol. The molecule has 0 radical (unpaired) electrons. The van der Waals surface area contributed by atoms with E-state index in [1.807, 2.05) is 20.8 Å². The summed E-state index contributed by atoms with van der Waals surface area (Å²) in [6.07, 6.45) is 0.723. The average Bonchev–Trinajstić information content (AvgIpc) is 2.21. The van der Waals surface area contributed by atoms with Gasteiger partial charge in [0.05, 0.1) is 11.3 Å². The molecule has 0 heterocycles. The van der Waals surface area contributed by atoms with Crippen molar-refractivity contribution in [3.63, 3.8) is 0 Å². The summed E-state index contributed by atoms with van der Waals surface area (Å²) >= 11 is 0. The fraction of sp³-hybridized carbons (Fsp3) is 0.538. The zero-order valence-electron chi connectivity index (χ0n) is 10.7. The fourth-order valence-corrected chi connectivity index (χ4v) is 1.74. The van der Waals surface area contributed by atoms with Gasteiger partial charge in [-0.1, -0.05) is 0 Å². The number of methoxy groups -OCH3 is 1. The van der Waals surface area contributed by atoms with Crippen LogP contribution in [0, 0.1) is 11.6 Å². The molecule has 0 aliphatic carbocycles. The third-order valence-electron chi connectivity index (χ3n) is 2.68. The van der Waals surface area contributed by atoms with Crippen molar-refractivity contribution in [3.05, 3.63) is 29.8 Å². The van der Waals surface area contributed by atoms with E-state index in [0.29, 0.717) is 5.69 Å². The minimum Gasteiger partial charge on any atom is -0.380 e. The molecular weight excluding hydrogens is 224 g/mol. The molecule has 2 nitrogen and oxygen atoms in total. The molecule has 0 amide bonds. The maximum atomic E-state index is 13.4. The zero-order valence-corrected chi connectivity index (χ0v) is 10.7. The summed E-state index contributed by atoms with van der Waals surface area (Å²) < 4.78 is 31.4. The summed E-state index contributed by atoms with van der Waals surface area (Å²) in [5, 5.41) is 3.01. The van der Waals surface area contributed by atoms with E-state index < -0.39 is 11.6 Å². The highest BCUT2D eigenvalue weighted by atomic mass is 19.1. The van der Waals surface area contributed by atoms with E-state index in [-0.39, 0.29) is 11.6 Å². The van der Waals surface area contributed by atoms with Crippen molar-refractivity contribution < 1.29 is 13.5 Å². The minimum absolute atomic E-state index is 0.0323. The van der Waals surface area contributed by atoms with Crippen LogP contribution in [0.4, 0.5) is 14.5 Å². The van der Waals surface area contributed by atoms with Gasteiger partial charge in [-0.05, 0) is 39.3 Å². The van der Waals surface area contributed by atoms with Crippen LogP contribution in [0.3, 0.4) is 0 Å². The molecule has 1 unspecified atom stereocenters. The van der Waals surface area contributed by atoms with Gasteiger partial charge in [0.25, 0.3) is 0 Å². The second-order valence-corrected chi connectivity index (χ2v) is 4.84. The lowest BCUT2D eigenvalue weighted by Gasteiger charge is -2.27. The molecule has 0 aliphatic heterocycles. The fourth-order valence-electron chi connectivity index (χ4n) is 1.74. The molecule has 0 fully saturated rings. The number of anilines is 1. The summed E-state index contributed by atoms with van der Waals surface area (Å²) in [5.74, 6) is -1.15. The number of rotatable bonds is 5. The van der Waals surface area contributed by atoms with Gasteiger partial charge >= 0.3 is 0 Å². The number of ether oxygens (including phenoxy) is 1. The van der Waals surface area contributed by atoms with Crippen molar-refractivity contribution in [2.24, 2.45) is 0 Å². The van der Waals surface area contributed by atoms with Crippen molar-refractivity contribution in [1.82, 2.24) is 0 Å². The first-order valence-corrected chi connectivity index (χ1v) is 5.61. The third-order valence-corrected chi connectivity index (χ3v) is 2.68. The number of nitrogens with one attached hydrogen (secondary N) is 1. The molecule has 0 bridgehead atoms. The molecule has 17 heavy (non-hydrogen) atoms. The van der Waals surface area contributed by atoms with Crippen LogP contribution in [0.15, 0.2) is 18.2 Å². The first-order valence-electron chi connectivity index (χ1n) is 5.61. The predicted octanol–water partition coefficient (Wildman–Crippen LogP) is 3.58. The quantitative estimate of drug-likeness (QED) is 0.853. The Hall–Kier alpha value is -1.16. The number of benzene rings is 1. The summed E-state index contributed by atoms with van der Waals surface area (Å²) in [7, 11) is 1.64. The van der Waals surface area contributed by atoms with Crippen LogP contribution in [0.1, 0.15) is 27.2 Å². The maximum absolute atomic E-state index is 13.4. The highest BCUT2D eigenvalue weighted by Crippen LogP contribution is 2.21. The van der Waals surface area contributed by atoms with Gasteiger partial charge in [-0.25, -0.2) is 8.78 Å². The molecule has 4 heteroatoms. The molecule has 1 N–H and O–H groups in total. The van der Waals surface area contributed by atoms with Crippen LogP contribution in [-0.2, 0) is 4.74 Å². The SMILES string of the molecule is COC(C)(C)CC(C)Nc1ccc(F)cc1F. The first-order chi connectivity index (χ1) is 7.84. The van der Waals surface area contributed by atoms with Gasteiger partial charge in [0, 0.05) is 19.2 Å². The summed E-state index contributed by atoms with van der Waals surface area (Å²) in [5.41, 5.74) is 0.0361. The van der Waals surface area contributed by atoms with E-state index in [2.05, 4.69) is 5.32 Å². The van der Waals surface area contributed by atoms with E-state index in [1.54, 1.807) is 7.11 Å². The lowest BCUT2D eigenvalue weighted by atomic mass is 9.99. The van der Waals surface area contributed by atoms with Crippen LogP contribution in [-0.4, -0.2) is 18.8 Å². The third kappa shape index (κ3) is 4.30. The first kappa shape index (κ1) is 13.9. The van der Waals surface area contributed by atoms with Gasteiger partial charge < -0.3 is 10.1 Å². The molecule has 0 aromatic heterocycles. The zero-order chi connectivity index (χ0) is 13.1. The molecule has 0 spiro atoms. The van der Waals surface area contributed by atoms with Gasteiger partial charge in [-0.15, -0.1) is 0 Å². The van der Waals surface area contributed by atoms with Crippen LogP contribution in [0.5, 0.6) is 0 Å². The Morgan fingerprint density at radius 1 is 1.35 bits per heavy atom. The largest absolute Gasteiger partial charge is 0.380 e. The Balaban J connectivity index is 2.65. The molecule has 0 aliphatic rings. The molecule has 1 aromatic rings. The molecule has 0 saturated carbocycles. The van der Waals surface area contributed by atoms with E-state index in [0.717, 1.165) is 12.5 Å². The Labute approximate surface area is 101 Å². The average molecular weight is 243 g/mol. The molecule has 0 saturated heterocycles. The van der Waals surface area contributed by atoms with Gasteiger partial charge in [0.15, 0.2) is 0 Å². The van der Waals surface area contributed by atoms with Crippen molar-refractivity contribution in [2.45, 2.75) is 38.8 Å². The Morgan fingerprint density at radius 3 is 2.53 bits per heavy atom. The Morgan fingerprint density at radius 2 is 2.00 bits per heavy atom. The van der Waals surface area contributed by atoms with Gasteiger partial charge in [-0.3, -0.25) is 0 Å². The van der Waals surface area contributed by atoms with E-state index in [4.69, 9.17) is 4.74 Å². The second-order valence-electron chi connectivity index (χ2n) is 4.84. The van der Waals surface area contributed by atoms with Crippen LogP contribution < -0.4 is 5.32 Å². The number of hydrogen-bond donors (Lipinski definition) is 1. The minimum atomic E-state index is -0.577. The number of halogens is 2. The van der Waals surface area contributed by atoms with Crippen molar-refractivity contribution >= 4 is 5.69 Å². The Kier molecular flexibility index (Phi) is 4.46. The molecule has 1 rings (SSSR count). The van der Waals surface area contributed by atoms with Crippen molar-refractivity contribution in [2.75, 3.05) is 12.4 Å². The maximum Gasteiger partial charge on any atom is 0.149 e. The van der Waals surface area contributed by atoms with Gasteiger partial charge in [-0.2, -0.15) is 0 Å². The molecule has 1 aromatic carbocycles. The Bertz CT molecular complexity index is 380. The van der Waals surface area contributed by atoms with Crippen molar-refractivity contribution in [1.29, 1.82) is 0 Å². The summed E-state index contributed by atoms with van der Waals surface area (Å²) in [4.78, 5) is 0. The van der Waals surface area contributed by atoms with Crippen LogP contribution in [0.2, 0.25) is 0 Å². The lowest BCUT2D eigenvalue weighted by molar-refractivity contribution is 0.0128. The van der Waals surface area contributed by atoms with E-state index in [1.165, 1.54) is 12.1 Å². The highest BCUT2D eigenvalue weighted by molar-refractivity contribution is 5.45. The summed E-state index contributed by atoms with van der Waals surface area (Å²) in [6, 6.07) is 3.54. The van der Waals surface area contributed by atoms with E-state index in [9.17, 15) is 8.78 Å². The normalized spacial score (nSPS) is 13.5. The van der Waals surface area contributed by atoms with Gasteiger partial charge in [0.1, 0.15) is 11.6 Å². The molecule has 1 atom stereocenters. The van der Waals surface area contributed by atoms with Crippen molar-refractivity contribution in [3.8, 4) is 0 Å². The smallest absolute Gasteiger partial charge is 0.149 e. The van der Waals surface area contributed by atoms with Crippen LogP contribution in [0.25, 0.3) is 0 Å². The topological polar surface area (TPSA) is 21.3 Å². The van der Waals surface area contributed by atoms with E-state index >= 15 is 0 Å².